The van der Waals surface area contributed by atoms with Gasteiger partial charge in [-0.2, -0.15) is 5.26 Å². The van der Waals surface area contributed by atoms with Crippen LogP contribution in [-0.2, 0) is 23.8 Å². The maximum absolute atomic E-state index is 17.2. The number of nitriles is 1. The van der Waals surface area contributed by atoms with Crippen LogP contribution in [-0.4, -0.2) is 58.9 Å². The third kappa shape index (κ3) is 2.59. The molecule has 0 radical (unpaired) electrons. The lowest BCUT2D eigenvalue weighted by Gasteiger charge is -2.63. The van der Waals surface area contributed by atoms with E-state index >= 15 is 8.78 Å². The molecule has 0 aromatic heterocycles. The van der Waals surface area contributed by atoms with Crippen molar-refractivity contribution in [2.24, 2.45) is 22.7 Å². The van der Waals surface area contributed by atoms with Gasteiger partial charge in [0.25, 0.3) is 0 Å². The maximum atomic E-state index is 17.2. The average molecular weight is 478 g/mol. The maximum Gasteiger partial charge on any atom is 0.342 e. The van der Waals surface area contributed by atoms with E-state index in [4.69, 9.17) is 19.5 Å². The fraction of sp³-hybridized carbons (Fsp3) is 0.720. The first kappa shape index (κ1) is 23.6. The number of nitrogens with zero attached hydrogens (tertiary/aromatic N) is 1. The number of allylic oxidation sites excluding steroid dienone is 4. The van der Waals surface area contributed by atoms with Gasteiger partial charge in [0.2, 0.25) is 0 Å². The van der Waals surface area contributed by atoms with Crippen molar-refractivity contribution in [3.63, 3.8) is 0 Å². The first-order valence-electron chi connectivity index (χ1n) is 11.7. The summed E-state index contributed by atoms with van der Waals surface area (Å²) in [6.07, 6.45) is -0.440. The summed E-state index contributed by atoms with van der Waals surface area (Å²) in [6, 6.07) is 1.77. The SMILES string of the molecule is CC1(C)O[C@@H]2CC3C4C[C@H](F)C5=CC(=O)C=C[C@]5(C)[C@@]4(F)[C@@H](O)C[C@]3(C)[C@]2(C(=O)OCC#N)O1. The van der Waals surface area contributed by atoms with E-state index in [-0.39, 0.29) is 24.8 Å². The van der Waals surface area contributed by atoms with Crippen molar-refractivity contribution in [1.29, 1.82) is 5.26 Å². The lowest BCUT2D eigenvalue weighted by molar-refractivity contribution is -0.254. The Hall–Kier alpha value is -2.15. The average Bonchev–Trinajstić information content (AvgIpc) is 3.16. The first-order valence-corrected chi connectivity index (χ1v) is 11.7. The molecule has 0 amide bonds. The molecule has 34 heavy (non-hydrogen) atoms. The summed E-state index contributed by atoms with van der Waals surface area (Å²) in [6.45, 7) is 6.08. The van der Waals surface area contributed by atoms with Crippen LogP contribution in [0.2, 0.25) is 0 Å². The van der Waals surface area contributed by atoms with Crippen LogP contribution in [0.5, 0.6) is 0 Å². The molecule has 1 heterocycles. The quantitative estimate of drug-likeness (QED) is 0.610. The largest absolute Gasteiger partial charge is 0.448 e. The molecule has 1 aliphatic heterocycles. The molecule has 3 saturated carbocycles. The van der Waals surface area contributed by atoms with E-state index in [0.29, 0.717) is 0 Å². The fourth-order valence-electron chi connectivity index (χ4n) is 7.86. The minimum Gasteiger partial charge on any atom is -0.448 e. The molecule has 5 aliphatic rings. The number of carbonyl (C=O) groups is 2. The molecule has 9 atom stereocenters. The van der Waals surface area contributed by atoms with Crippen LogP contribution >= 0.6 is 0 Å². The topological polar surface area (TPSA) is 106 Å². The number of carbonyl (C=O) groups excluding carboxylic acids is 2. The lowest BCUT2D eigenvalue weighted by atomic mass is 9.44. The summed E-state index contributed by atoms with van der Waals surface area (Å²) in [5, 5.41) is 20.4. The molecule has 7 nitrogen and oxygen atoms in total. The van der Waals surface area contributed by atoms with Crippen LogP contribution in [0.1, 0.15) is 47.0 Å². The first-order chi connectivity index (χ1) is 15.8. The van der Waals surface area contributed by atoms with Crippen molar-refractivity contribution < 1.29 is 37.7 Å². The van der Waals surface area contributed by atoms with Crippen molar-refractivity contribution in [2.45, 2.75) is 82.4 Å². The zero-order valence-corrected chi connectivity index (χ0v) is 19.6. The molecular formula is C25H29F2NO6. The third-order valence-corrected chi connectivity index (χ3v) is 9.19. The Labute approximate surface area is 196 Å². The zero-order chi connectivity index (χ0) is 24.9. The number of alkyl halides is 2. The fourth-order valence-corrected chi connectivity index (χ4v) is 7.86. The van der Waals surface area contributed by atoms with E-state index in [1.165, 1.54) is 19.1 Å². The third-order valence-electron chi connectivity index (χ3n) is 9.19. The molecule has 2 unspecified atom stereocenters. The Balaban J connectivity index is 1.64. The van der Waals surface area contributed by atoms with E-state index in [2.05, 4.69) is 0 Å². The smallest absolute Gasteiger partial charge is 0.342 e. The summed E-state index contributed by atoms with van der Waals surface area (Å²) >= 11 is 0. The molecule has 184 valence electrons. The van der Waals surface area contributed by atoms with E-state index in [1.54, 1.807) is 26.8 Å². The number of fused-ring (bicyclic) bond motifs is 7. The van der Waals surface area contributed by atoms with E-state index in [9.17, 15) is 14.7 Å². The molecule has 0 spiro atoms. The lowest BCUT2D eigenvalue weighted by Crippen LogP contribution is -2.71. The van der Waals surface area contributed by atoms with Gasteiger partial charge in [-0.05, 0) is 63.7 Å². The second-order valence-corrected chi connectivity index (χ2v) is 11.2. The highest BCUT2D eigenvalue weighted by Crippen LogP contribution is 2.72. The van der Waals surface area contributed by atoms with Crippen molar-refractivity contribution in [3.8, 4) is 6.07 Å². The van der Waals surface area contributed by atoms with Gasteiger partial charge in [-0.1, -0.05) is 13.0 Å². The van der Waals surface area contributed by atoms with Gasteiger partial charge in [0.1, 0.15) is 18.3 Å². The molecule has 5 rings (SSSR count). The highest BCUT2D eigenvalue weighted by Gasteiger charge is 2.81. The predicted octanol–water partition coefficient (Wildman–Crippen LogP) is 2.87. The highest BCUT2D eigenvalue weighted by atomic mass is 19.1. The summed E-state index contributed by atoms with van der Waals surface area (Å²) in [4.78, 5) is 25.4. The molecule has 1 N–H and O–H groups in total. The highest BCUT2D eigenvalue weighted by molar-refractivity contribution is 6.01. The van der Waals surface area contributed by atoms with Gasteiger partial charge >= 0.3 is 5.97 Å². The summed E-state index contributed by atoms with van der Waals surface area (Å²) in [5.41, 5.74) is -6.58. The molecule has 0 aromatic carbocycles. The van der Waals surface area contributed by atoms with Crippen LogP contribution in [0.3, 0.4) is 0 Å². The van der Waals surface area contributed by atoms with Crippen LogP contribution < -0.4 is 0 Å². The molecule has 1 saturated heterocycles. The van der Waals surface area contributed by atoms with Crippen molar-refractivity contribution in [1.82, 2.24) is 0 Å². The van der Waals surface area contributed by atoms with Gasteiger partial charge in [-0.15, -0.1) is 0 Å². The number of halogens is 2. The minimum atomic E-state index is -2.27. The normalized spacial score (nSPS) is 50.4. The number of hydrogen-bond donors (Lipinski definition) is 1. The second kappa shape index (κ2) is 6.96. The Morgan fingerprint density at radius 3 is 2.68 bits per heavy atom. The molecular weight excluding hydrogens is 448 g/mol. The van der Waals surface area contributed by atoms with Crippen molar-refractivity contribution in [2.75, 3.05) is 6.61 Å². The van der Waals surface area contributed by atoms with Crippen molar-refractivity contribution >= 4 is 11.8 Å². The molecule has 4 fully saturated rings. The Morgan fingerprint density at radius 1 is 1.29 bits per heavy atom. The number of aliphatic hydroxyl groups is 1. The van der Waals surface area contributed by atoms with Crippen LogP contribution in [0, 0.1) is 34.0 Å². The monoisotopic (exact) mass is 477 g/mol. The molecule has 0 aromatic rings. The van der Waals surface area contributed by atoms with E-state index in [0.717, 1.165) is 6.08 Å². The Morgan fingerprint density at radius 2 is 2.00 bits per heavy atom. The molecule has 9 heteroatoms. The van der Waals surface area contributed by atoms with Crippen molar-refractivity contribution in [3.05, 3.63) is 23.8 Å². The molecule has 0 bridgehead atoms. The van der Waals surface area contributed by atoms with Gasteiger partial charge in [0, 0.05) is 16.7 Å². The summed E-state index contributed by atoms with van der Waals surface area (Å²) in [5.74, 6) is -3.91. The number of ketones is 1. The van der Waals surface area contributed by atoms with Gasteiger partial charge in [0.05, 0.1) is 6.10 Å². The second-order valence-electron chi connectivity index (χ2n) is 11.2. The van der Waals surface area contributed by atoms with Gasteiger partial charge in [-0.25, -0.2) is 13.6 Å². The van der Waals surface area contributed by atoms with Gasteiger partial charge < -0.3 is 19.3 Å². The predicted molar refractivity (Wildman–Crippen MR) is 113 cm³/mol. The van der Waals surface area contributed by atoms with Crippen LogP contribution in [0.15, 0.2) is 23.8 Å². The van der Waals surface area contributed by atoms with Crippen LogP contribution in [0.4, 0.5) is 8.78 Å². The summed E-state index contributed by atoms with van der Waals surface area (Å²) < 4.78 is 50.3. The standard InChI is InChI=1S/C25H29F2NO6/c1-21(2)33-19-11-14-15-10-17(26)16-9-13(29)5-6-22(16,3)24(15,27)18(30)12-23(14,4)25(19,34-21)20(31)32-8-7-28/h5-6,9,14-15,17-19,30H,8,10-12H2,1-4H3/t14?,15?,17-,18-,19+,22-,23-,24-,25-/m0/s1. The Bertz CT molecular complexity index is 1070. The van der Waals surface area contributed by atoms with Crippen LogP contribution in [0.25, 0.3) is 0 Å². The Kier molecular flexibility index (Phi) is 4.83. The van der Waals surface area contributed by atoms with E-state index in [1.807, 2.05) is 0 Å². The number of rotatable bonds is 2. The zero-order valence-electron chi connectivity index (χ0n) is 19.6. The number of hydrogen-bond acceptors (Lipinski definition) is 7. The minimum absolute atomic E-state index is 0.0383. The number of esters is 1. The number of ether oxygens (including phenoxy) is 3. The molecule has 4 aliphatic carbocycles. The van der Waals surface area contributed by atoms with Gasteiger partial charge in [0.15, 0.2) is 29.4 Å². The van der Waals surface area contributed by atoms with Gasteiger partial charge in [-0.3, -0.25) is 4.79 Å². The summed E-state index contributed by atoms with van der Waals surface area (Å²) in [7, 11) is 0. The van der Waals surface area contributed by atoms with E-state index < -0.39 is 76.5 Å². The number of aliphatic hydroxyl groups excluding tert-OH is 1.